The van der Waals surface area contributed by atoms with Crippen LogP contribution in [0.15, 0.2) is 18.2 Å². The molecule has 0 saturated carbocycles. The molecule has 1 rings (SSSR count). The minimum absolute atomic E-state index is 0.152. The second-order valence-electron chi connectivity index (χ2n) is 4.30. The molecule has 1 N–H and O–H groups in total. The lowest BCUT2D eigenvalue weighted by Gasteiger charge is -2.22. The number of carbonyl (C=O) groups excluding carboxylic acids is 1. The van der Waals surface area contributed by atoms with Gasteiger partial charge in [0.25, 0.3) is 0 Å². The number of carboxylic acid groups (broad SMARTS) is 1. The number of hydrogen-bond acceptors (Lipinski definition) is 2. The topological polar surface area (TPSA) is 57.6 Å². The Morgan fingerprint density at radius 1 is 1.20 bits per heavy atom. The molecule has 110 valence electrons. The molecule has 1 atom stereocenters. The standard InChI is InChI=1S/C14H17Cl2NO3/c1-3-17(4-2)12(18)8-9(14(19)20)13-10(15)6-5-7-11(13)16/h5-7,9H,3-4,8H2,1-2H3,(H,19,20). The zero-order valence-electron chi connectivity index (χ0n) is 11.4. The highest BCUT2D eigenvalue weighted by Gasteiger charge is 2.28. The summed E-state index contributed by atoms with van der Waals surface area (Å²) in [5, 5.41) is 9.89. The van der Waals surface area contributed by atoms with E-state index in [1.54, 1.807) is 23.1 Å². The first-order valence-electron chi connectivity index (χ1n) is 6.36. The highest BCUT2D eigenvalue weighted by molar-refractivity contribution is 6.36. The smallest absolute Gasteiger partial charge is 0.311 e. The van der Waals surface area contributed by atoms with Gasteiger partial charge < -0.3 is 10.0 Å². The van der Waals surface area contributed by atoms with Crippen LogP contribution in [0.1, 0.15) is 31.7 Å². The van der Waals surface area contributed by atoms with E-state index < -0.39 is 11.9 Å². The van der Waals surface area contributed by atoms with E-state index in [1.165, 1.54) is 0 Å². The van der Waals surface area contributed by atoms with Gasteiger partial charge in [0.1, 0.15) is 0 Å². The molecule has 4 nitrogen and oxygen atoms in total. The molecule has 0 aliphatic rings. The number of nitrogens with zero attached hydrogens (tertiary/aromatic N) is 1. The predicted octanol–water partition coefficient (Wildman–Crippen LogP) is 3.42. The van der Waals surface area contributed by atoms with Crippen molar-refractivity contribution in [2.45, 2.75) is 26.2 Å². The van der Waals surface area contributed by atoms with Gasteiger partial charge in [-0.25, -0.2) is 0 Å². The average molecular weight is 318 g/mol. The minimum Gasteiger partial charge on any atom is -0.481 e. The Morgan fingerprint density at radius 2 is 1.70 bits per heavy atom. The number of halogens is 2. The van der Waals surface area contributed by atoms with Crippen LogP contribution in [0.3, 0.4) is 0 Å². The Balaban J connectivity index is 3.08. The maximum absolute atomic E-state index is 12.1. The van der Waals surface area contributed by atoms with Crippen LogP contribution in [0.5, 0.6) is 0 Å². The molecule has 0 heterocycles. The van der Waals surface area contributed by atoms with Crippen LogP contribution in [-0.2, 0) is 9.59 Å². The summed E-state index contributed by atoms with van der Waals surface area (Å²) in [7, 11) is 0. The fourth-order valence-electron chi connectivity index (χ4n) is 2.04. The molecule has 6 heteroatoms. The molecule has 0 fully saturated rings. The summed E-state index contributed by atoms with van der Waals surface area (Å²) >= 11 is 12.1. The van der Waals surface area contributed by atoms with Crippen molar-refractivity contribution in [3.8, 4) is 0 Å². The third-order valence-electron chi connectivity index (χ3n) is 3.14. The van der Waals surface area contributed by atoms with Crippen molar-refractivity contribution in [1.82, 2.24) is 4.90 Å². The lowest BCUT2D eigenvalue weighted by molar-refractivity contribution is -0.142. The Morgan fingerprint density at radius 3 is 2.10 bits per heavy atom. The van der Waals surface area contributed by atoms with Crippen LogP contribution < -0.4 is 0 Å². The second-order valence-corrected chi connectivity index (χ2v) is 5.11. The van der Waals surface area contributed by atoms with Gasteiger partial charge in [0.2, 0.25) is 5.91 Å². The van der Waals surface area contributed by atoms with Gasteiger partial charge in [0.05, 0.1) is 5.92 Å². The van der Waals surface area contributed by atoms with Crippen molar-refractivity contribution in [3.63, 3.8) is 0 Å². The predicted molar refractivity (Wildman–Crippen MR) is 79.4 cm³/mol. The summed E-state index contributed by atoms with van der Waals surface area (Å²) in [5.74, 6) is -2.37. The second kappa shape index (κ2) is 7.50. The summed E-state index contributed by atoms with van der Waals surface area (Å²) < 4.78 is 0. The van der Waals surface area contributed by atoms with Crippen molar-refractivity contribution < 1.29 is 14.7 Å². The first kappa shape index (κ1) is 16.8. The molecule has 20 heavy (non-hydrogen) atoms. The van der Waals surface area contributed by atoms with Crippen molar-refractivity contribution in [1.29, 1.82) is 0 Å². The monoisotopic (exact) mass is 317 g/mol. The van der Waals surface area contributed by atoms with Gasteiger partial charge >= 0.3 is 5.97 Å². The highest BCUT2D eigenvalue weighted by atomic mass is 35.5. The van der Waals surface area contributed by atoms with E-state index in [2.05, 4.69) is 0 Å². The fourth-order valence-corrected chi connectivity index (χ4v) is 2.70. The molecular formula is C14H17Cl2NO3. The van der Waals surface area contributed by atoms with Crippen molar-refractivity contribution >= 4 is 35.1 Å². The van der Waals surface area contributed by atoms with E-state index in [0.717, 1.165) is 0 Å². The first-order chi connectivity index (χ1) is 9.42. The number of carbonyl (C=O) groups is 2. The summed E-state index contributed by atoms with van der Waals surface area (Å²) in [5.41, 5.74) is 0.295. The summed E-state index contributed by atoms with van der Waals surface area (Å²) in [6, 6.07) is 4.78. The lowest BCUT2D eigenvalue weighted by Crippen LogP contribution is -2.33. The maximum Gasteiger partial charge on any atom is 0.311 e. The van der Waals surface area contributed by atoms with Crippen molar-refractivity contribution in [2.24, 2.45) is 0 Å². The Hall–Kier alpha value is -1.26. The Kier molecular flexibility index (Phi) is 6.30. The molecule has 1 amide bonds. The van der Waals surface area contributed by atoms with Gasteiger partial charge in [0.15, 0.2) is 0 Å². The van der Waals surface area contributed by atoms with E-state index in [0.29, 0.717) is 18.7 Å². The van der Waals surface area contributed by atoms with Gasteiger partial charge in [-0.2, -0.15) is 0 Å². The van der Waals surface area contributed by atoms with Crippen molar-refractivity contribution in [3.05, 3.63) is 33.8 Å². The zero-order chi connectivity index (χ0) is 15.3. The van der Waals surface area contributed by atoms with E-state index in [4.69, 9.17) is 23.2 Å². The molecule has 0 bridgehead atoms. The zero-order valence-corrected chi connectivity index (χ0v) is 12.9. The van der Waals surface area contributed by atoms with E-state index in [-0.39, 0.29) is 22.4 Å². The number of rotatable bonds is 6. The van der Waals surface area contributed by atoms with Crippen molar-refractivity contribution in [2.75, 3.05) is 13.1 Å². The minimum atomic E-state index is -1.11. The van der Waals surface area contributed by atoms with Crippen LogP contribution in [0.25, 0.3) is 0 Å². The molecule has 1 aromatic rings. The number of amides is 1. The van der Waals surface area contributed by atoms with Gasteiger partial charge in [-0.05, 0) is 26.0 Å². The maximum atomic E-state index is 12.1. The first-order valence-corrected chi connectivity index (χ1v) is 7.12. The highest BCUT2D eigenvalue weighted by Crippen LogP contribution is 2.34. The number of carboxylic acids is 1. The molecule has 0 aromatic heterocycles. The summed E-state index contributed by atoms with van der Waals surface area (Å²) in [6.45, 7) is 4.77. The van der Waals surface area contributed by atoms with E-state index >= 15 is 0 Å². The molecule has 0 saturated heterocycles. The summed E-state index contributed by atoms with van der Waals surface area (Å²) in [4.78, 5) is 25.1. The normalized spacial score (nSPS) is 12.0. The quantitative estimate of drug-likeness (QED) is 0.874. The Bertz CT molecular complexity index is 481. The van der Waals surface area contributed by atoms with Crippen LogP contribution in [-0.4, -0.2) is 35.0 Å². The van der Waals surface area contributed by atoms with Crippen LogP contribution >= 0.6 is 23.2 Å². The Labute approximate surface area is 128 Å². The number of benzene rings is 1. The van der Waals surface area contributed by atoms with Crippen LogP contribution in [0.2, 0.25) is 10.0 Å². The summed E-state index contributed by atoms with van der Waals surface area (Å²) in [6.07, 6.45) is -0.152. The van der Waals surface area contributed by atoms with Gasteiger partial charge in [-0.3, -0.25) is 9.59 Å². The number of hydrogen-bond donors (Lipinski definition) is 1. The van der Waals surface area contributed by atoms with Gasteiger partial charge in [-0.1, -0.05) is 29.3 Å². The van der Waals surface area contributed by atoms with Gasteiger partial charge in [-0.15, -0.1) is 0 Å². The largest absolute Gasteiger partial charge is 0.481 e. The molecule has 1 aromatic carbocycles. The third-order valence-corrected chi connectivity index (χ3v) is 3.80. The fraction of sp³-hybridized carbons (Fsp3) is 0.429. The van der Waals surface area contributed by atoms with Crippen LogP contribution in [0, 0.1) is 0 Å². The van der Waals surface area contributed by atoms with E-state index in [1.807, 2.05) is 13.8 Å². The third kappa shape index (κ3) is 3.87. The lowest BCUT2D eigenvalue weighted by atomic mass is 9.95. The molecular weight excluding hydrogens is 301 g/mol. The average Bonchev–Trinajstić information content (AvgIpc) is 2.38. The number of aliphatic carboxylic acids is 1. The molecule has 0 spiro atoms. The van der Waals surface area contributed by atoms with Gasteiger partial charge in [0, 0.05) is 35.1 Å². The molecule has 0 aliphatic heterocycles. The molecule has 0 radical (unpaired) electrons. The van der Waals surface area contributed by atoms with Crippen LogP contribution in [0.4, 0.5) is 0 Å². The van der Waals surface area contributed by atoms with E-state index in [9.17, 15) is 14.7 Å². The molecule has 1 unspecified atom stereocenters. The SMILES string of the molecule is CCN(CC)C(=O)CC(C(=O)O)c1c(Cl)cccc1Cl. The molecule has 0 aliphatic carbocycles.